The number of nitrogens with one attached hydrogen (secondary N) is 2. The van der Waals surface area contributed by atoms with Crippen molar-refractivity contribution in [2.75, 3.05) is 5.32 Å². The van der Waals surface area contributed by atoms with Crippen LogP contribution in [0.1, 0.15) is 15.9 Å². The van der Waals surface area contributed by atoms with Crippen molar-refractivity contribution in [3.63, 3.8) is 0 Å². The molecule has 2 N–H and O–H groups in total. The van der Waals surface area contributed by atoms with Crippen molar-refractivity contribution in [3.05, 3.63) is 64.6 Å². The number of hydrogen-bond acceptors (Lipinski definition) is 1. The van der Waals surface area contributed by atoms with Gasteiger partial charge in [-0.05, 0) is 36.4 Å². The van der Waals surface area contributed by atoms with Gasteiger partial charge in [-0.25, -0.2) is 4.39 Å². The largest absolute Gasteiger partial charge is 0.418 e. The van der Waals surface area contributed by atoms with E-state index < -0.39 is 29.2 Å². The summed E-state index contributed by atoms with van der Waals surface area (Å²) < 4.78 is 52.5. The maximum atomic E-state index is 13.3. The monoisotopic (exact) mass is 356 g/mol. The number of aromatic nitrogens is 1. The van der Waals surface area contributed by atoms with Gasteiger partial charge in [-0.1, -0.05) is 11.6 Å². The SMILES string of the molecule is O=C(Nc1ccc(Cl)cc1C(F)(F)F)c1c[nH]c2ccc(F)cc12. The lowest BCUT2D eigenvalue weighted by Gasteiger charge is -2.14. The van der Waals surface area contributed by atoms with Gasteiger partial charge in [0.05, 0.1) is 16.8 Å². The fourth-order valence-corrected chi connectivity index (χ4v) is 2.50. The molecule has 0 aliphatic heterocycles. The number of halogens is 5. The highest BCUT2D eigenvalue weighted by Gasteiger charge is 2.34. The van der Waals surface area contributed by atoms with Crippen LogP contribution in [-0.4, -0.2) is 10.9 Å². The lowest BCUT2D eigenvalue weighted by Crippen LogP contribution is -2.16. The van der Waals surface area contributed by atoms with Crippen molar-refractivity contribution >= 4 is 34.1 Å². The van der Waals surface area contributed by atoms with Crippen molar-refractivity contribution in [1.29, 1.82) is 0 Å². The molecule has 0 unspecified atom stereocenters. The number of amides is 1. The third-order valence-corrected chi connectivity index (χ3v) is 3.66. The topological polar surface area (TPSA) is 44.9 Å². The Morgan fingerprint density at radius 3 is 2.58 bits per heavy atom. The van der Waals surface area contributed by atoms with Crippen LogP contribution in [0, 0.1) is 5.82 Å². The van der Waals surface area contributed by atoms with Crippen LogP contribution in [0.5, 0.6) is 0 Å². The van der Waals surface area contributed by atoms with E-state index in [2.05, 4.69) is 10.3 Å². The number of H-pyrrole nitrogens is 1. The molecule has 1 heterocycles. The molecule has 0 fully saturated rings. The van der Waals surface area contributed by atoms with Crippen molar-refractivity contribution in [3.8, 4) is 0 Å². The predicted molar refractivity (Wildman–Crippen MR) is 82.7 cm³/mol. The standard InChI is InChI=1S/C16H9ClF4N2O/c17-8-1-3-14(12(5-8)16(19,20)21)23-15(24)11-7-22-13-4-2-9(18)6-10(11)13/h1-7,22H,(H,23,24). The van der Waals surface area contributed by atoms with Gasteiger partial charge in [0.1, 0.15) is 5.82 Å². The molecule has 2 aromatic carbocycles. The Morgan fingerprint density at radius 1 is 1.12 bits per heavy atom. The highest BCUT2D eigenvalue weighted by Crippen LogP contribution is 2.36. The number of rotatable bonds is 2. The molecule has 0 aliphatic rings. The normalized spacial score (nSPS) is 11.7. The number of alkyl halides is 3. The first kappa shape index (κ1) is 16.3. The number of hydrogen-bond donors (Lipinski definition) is 2. The van der Waals surface area contributed by atoms with E-state index in [1.807, 2.05) is 0 Å². The van der Waals surface area contributed by atoms with Gasteiger partial charge in [0.15, 0.2) is 0 Å². The van der Waals surface area contributed by atoms with E-state index in [1.54, 1.807) is 0 Å². The molecule has 24 heavy (non-hydrogen) atoms. The predicted octanol–water partition coefficient (Wildman–Crippen LogP) is 5.23. The fourth-order valence-electron chi connectivity index (χ4n) is 2.33. The number of anilines is 1. The molecular formula is C16H9ClF4N2O. The van der Waals surface area contributed by atoms with Crippen LogP contribution in [-0.2, 0) is 6.18 Å². The highest BCUT2D eigenvalue weighted by atomic mass is 35.5. The second-order valence-corrected chi connectivity index (χ2v) is 5.47. The Bertz CT molecular complexity index is 933. The third-order valence-electron chi connectivity index (χ3n) is 3.42. The Labute approximate surface area is 138 Å². The first-order valence-electron chi connectivity index (χ1n) is 6.70. The first-order chi connectivity index (χ1) is 11.3. The maximum Gasteiger partial charge on any atom is 0.418 e. The quantitative estimate of drug-likeness (QED) is 0.607. The van der Waals surface area contributed by atoms with E-state index in [1.165, 1.54) is 24.4 Å². The smallest absolute Gasteiger partial charge is 0.360 e. The summed E-state index contributed by atoms with van der Waals surface area (Å²) in [5, 5.41) is 2.37. The molecule has 3 nitrogen and oxygen atoms in total. The average molecular weight is 357 g/mol. The Hall–Kier alpha value is -2.54. The van der Waals surface area contributed by atoms with Gasteiger partial charge >= 0.3 is 6.18 Å². The van der Waals surface area contributed by atoms with Crippen LogP contribution in [0.2, 0.25) is 5.02 Å². The molecule has 3 aromatic rings. The summed E-state index contributed by atoms with van der Waals surface area (Å²) >= 11 is 5.60. The van der Waals surface area contributed by atoms with Gasteiger partial charge in [0.25, 0.3) is 5.91 Å². The van der Waals surface area contributed by atoms with E-state index in [4.69, 9.17) is 11.6 Å². The Kier molecular flexibility index (Phi) is 3.96. The van der Waals surface area contributed by atoms with Crippen molar-refractivity contribution in [1.82, 2.24) is 4.98 Å². The van der Waals surface area contributed by atoms with E-state index in [0.29, 0.717) is 5.52 Å². The van der Waals surface area contributed by atoms with Gasteiger partial charge in [-0.15, -0.1) is 0 Å². The zero-order chi connectivity index (χ0) is 17.5. The molecule has 0 atom stereocenters. The summed E-state index contributed by atoms with van der Waals surface area (Å²) in [6.45, 7) is 0. The molecule has 0 spiro atoms. The van der Waals surface area contributed by atoms with Crippen molar-refractivity contribution in [2.24, 2.45) is 0 Å². The summed E-state index contributed by atoms with van der Waals surface area (Å²) in [4.78, 5) is 15.1. The Morgan fingerprint density at radius 2 is 1.88 bits per heavy atom. The van der Waals surface area contributed by atoms with Crippen LogP contribution in [0.25, 0.3) is 10.9 Å². The lowest BCUT2D eigenvalue weighted by atomic mass is 10.1. The second kappa shape index (κ2) is 5.83. The maximum absolute atomic E-state index is 13.3. The summed E-state index contributed by atoms with van der Waals surface area (Å²) in [6, 6.07) is 6.81. The zero-order valence-electron chi connectivity index (χ0n) is 11.8. The van der Waals surface area contributed by atoms with Gasteiger partial charge in [0.2, 0.25) is 0 Å². The summed E-state index contributed by atoms with van der Waals surface area (Å²) in [7, 11) is 0. The number of carbonyl (C=O) groups excluding carboxylic acids is 1. The first-order valence-corrected chi connectivity index (χ1v) is 7.08. The molecule has 8 heteroatoms. The summed E-state index contributed by atoms with van der Waals surface area (Å²) in [6.07, 6.45) is -3.37. The number of carbonyl (C=O) groups is 1. The van der Waals surface area contributed by atoms with Crippen molar-refractivity contribution in [2.45, 2.75) is 6.18 Å². The van der Waals surface area contributed by atoms with Crippen LogP contribution < -0.4 is 5.32 Å². The number of aromatic amines is 1. The molecule has 1 aromatic heterocycles. The van der Waals surface area contributed by atoms with Gasteiger partial charge < -0.3 is 10.3 Å². The molecule has 0 radical (unpaired) electrons. The van der Waals surface area contributed by atoms with Crippen LogP contribution in [0.15, 0.2) is 42.6 Å². The molecule has 124 valence electrons. The van der Waals surface area contributed by atoms with Crippen molar-refractivity contribution < 1.29 is 22.4 Å². The van der Waals surface area contributed by atoms with Crippen LogP contribution in [0.4, 0.5) is 23.2 Å². The summed E-state index contributed by atoms with van der Waals surface area (Å²) in [5.41, 5.74) is -0.960. The van der Waals surface area contributed by atoms with Crippen LogP contribution >= 0.6 is 11.6 Å². The Balaban J connectivity index is 1.99. The molecule has 0 bridgehead atoms. The van der Waals surface area contributed by atoms with Gasteiger partial charge in [-0.3, -0.25) is 4.79 Å². The molecule has 0 saturated heterocycles. The second-order valence-electron chi connectivity index (χ2n) is 5.03. The minimum Gasteiger partial charge on any atom is -0.360 e. The van der Waals surface area contributed by atoms with E-state index in [9.17, 15) is 22.4 Å². The van der Waals surface area contributed by atoms with Gasteiger partial charge in [-0.2, -0.15) is 13.2 Å². The number of benzene rings is 2. The average Bonchev–Trinajstić information content (AvgIpc) is 2.91. The van der Waals surface area contributed by atoms with E-state index in [-0.39, 0.29) is 16.0 Å². The fraction of sp³-hybridized carbons (Fsp3) is 0.0625. The minimum absolute atomic E-state index is 0.0348. The van der Waals surface area contributed by atoms with Gasteiger partial charge in [0, 0.05) is 22.1 Å². The van der Waals surface area contributed by atoms with E-state index >= 15 is 0 Å². The zero-order valence-corrected chi connectivity index (χ0v) is 12.6. The molecule has 0 saturated carbocycles. The molecule has 3 rings (SSSR count). The highest BCUT2D eigenvalue weighted by molar-refractivity contribution is 6.30. The summed E-state index contributed by atoms with van der Waals surface area (Å²) in [5.74, 6) is -1.35. The number of fused-ring (bicyclic) bond motifs is 1. The third kappa shape index (κ3) is 3.07. The van der Waals surface area contributed by atoms with Crippen LogP contribution in [0.3, 0.4) is 0 Å². The molecular weight excluding hydrogens is 348 g/mol. The van der Waals surface area contributed by atoms with E-state index in [0.717, 1.165) is 18.2 Å². The minimum atomic E-state index is -4.68. The lowest BCUT2D eigenvalue weighted by molar-refractivity contribution is -0.136. The molecule has 1 amide bonds. The molecule has 0 aliphatic carbocycles.